The van der Waals surface area contributed by atoms with Crippen molar-refractivity contribution in [2.45, 2.75) is 63.2 Å². The summed E-state index contributed by atoms with van der Waals surface area (Å²) in [6.07, 6.45) is 9.25. The number of fused-ring (bicyclic) bond motifs is 1. The van der Waals surface area contributed by atoms with Crippen LogP contribution in [-0.4, -0.2) is 50.7 Å². The molecule has 6 rings (SSSR count). The lowest BCUT2D eigenvalue weighted by Crippen LogP contribution is -2.33. The van der Waals surface area contributed by atoms with Gasteiger partial charge >= 0.3 is 0 Å². The number of hydrogen-bond acceptors (Lipinski definition) is 8. The van der Waals surface area contributed by atoms with Gasteiger partial charge in [0.25, 0.3) is 5.91 Å². The number of anilines is 3. The highest BCUT2D eigenvalue weighted by Gasteiger charge is 2.32. The van der Waals surface area contributed by atoms with Crippen molar-refractivity contribution in [3.8, 4) is 5.75 Å². The van der Waals surface area contributed by atoms with Crippen LogP contribution in [0.4, 0.5) is 17.2 Å². The largest absolute Gasteiger partial charge is 0.497 e. The van der Waals surface area contributed by atoms with Crippen LogP contribution >= 0.6 is 11.6 Å². The first-order chi connectivity index (χ1) is 19.5. The summed E-state index contributed by atoms with van der Waals surface area (Å²) in [4.78, 5) is 24.4. The second kappa shape index (κ2) is 11.3. The molecule has 40 heavy (non-hydrogen) atoms. The van der Waals surface area contributed by atoms with Gasteiger partial charge in [-0.2, -0.15) is 0 Å². The lowest BCUT2D eigenvalue weighted by molar-refractivity contribution is 0.102. The molecular formula is C29H33ClN8O2. The Hall–Kier alpha value is -3.89. The quantitative estimate of drug-likeness (QED) is 0.247. The summed E-state index contributed by atoms with van der Waals surface area (Å²) in [5.41, 5.74) is 9.76. The maximum Gasteiger partial charge on any atom is 0.276 e. The Balaban J connectivity index is 1.37. The number of imidazole rings is 1. The number of aromatic nitrogens is 4. The van der Waals surface area contributed by atoms with Gasteiger partial charge < -0.3 is 26.0 Å². The van der Waals surface area contributed by atoms with Gasteiger partial charge in [-0.3, -0.25) is 4.79 Å². The highest BCUT2D eigenvalue weighted by Crippen LogP contribution is 2.37. The molecule has 4 aromatic rings. The summed E-state index contributed by atoms with van der Waals surface area (Å²) in [5.74, 6) is 1.20. The fourth-order valence-corrected chi connectivity index (χ4v) is 5.44. The van der Waals surface area contributed by atoms with Crippen molar-refractivity contribution in [2.75, 3.05) is 22.6 Å². The van der Waals surface area contributed by atoms with E-state index >= 15 is 0 Å². The minimum Gasteiger partial charge on any atom is -0.497 e. The Morgan fingerprint density at radius 1 is 1.10 bits per heavy atom. The number of nitrogens with zero attached hydrogens (tertiary/aromatic N) is 5. The Bertz CT molecular complexity index is 1500. The maximum absolute atomic E-state index is 13.4. The number of rotatable bonds is 9. The van der Waals surface area contributed by atoms with Crippen LogP contribution in [-0.2, 0) is 6.54 Å². The average molecular weight is 561 g/mol. The van der Waals surface area contributed by atoms with Crippen LogP contribution in [0.3, 0.4) is 0 Å². The number of amides is 1. The molecule has 208 valence electrons. The molecule has 2 saturated carbocycles. The van der Waals surface area contributed by atoms with Crippen molar-refractivity contribution < 1.29 is 9.53 Å². The highest BCUT2D eigenvalue weighted by molar-refractivity contribution is 6.29. The van der Waals surface area contributed by atoms with E-state index in [-0.39, 0.29) is 18.0 Å². The highest BCUT2D eigenvalue weighted by atomic mass is 35.5. The van der Waals surface area contributed by atoms with Gasteiger partial charge in [0.15, 0.2) is 11.3 Å². The van der Waals surface area contributed by atoms with Crippen molar-refractivity contribution in [1.82, 2.24) is 19.6 Å². The van der Waals surface area contributed by atoms with E-state index in [2.05, 4.69) is 38.7 Å². The second-order valence-electron chi connectivity index (χ2n) is 10.6. The van der Waals surface area contributed by atoms with Gasteiger partial charge in [0.2, 0.25) is 0 Å². The molecule has 1 amide bonds. The fraction of sp³-hybridized carbons (Fsp3) is 0.379. The third kappa shape index (κ3) is 5.83. The molecule has 3 heterocycles. The van der Waals surface area contributed by atoms with Gasteiger partial charge in [-0.25, -0.2) is 14.5 Å². The molecule has 0 bridgehead atoms. The van der Waals surface area contributed by atoms with Crippen molar-refractivity contribution in [3.05, 3.63) is 71.3 Å². The number of nitrogens with one attached hydrogen (secondary N) is 2. The van der Waals surface area contributed by atoms with E-state index in [4.69, 9.17) is 32.2 Å². The maximum atomic E-state index is 13.4. The molecule has 0 aliphatic heterocycles. The molecule has 2 fully saturated rings. The van der Waals surface area contributed by atoms with Crippen LogP contribution in [0.2, 0.25) is 5.15 Å². The summed E-state index contributed by atoms with van der Waals surface area (Å²) in [6.45, 7) is 0.704. The molecule has 0 saturated heterocycles. The van der Waals surface area contributed by atoms with Crippen LogP contribution < -0.4 is 26.0 Å². The number of carbonyl (C=O) groups excluding carboxylic acids is 1. The summed E-state index contributed by atoms with van der Waals surface area (Å²) < 4.78 is 6.99. The Kier molecular flexibility index (Phi) is 7.44. The first-order valence-electron chi connectivity index (χ1n) is 13.7. The summed E-state index contributed by atoms with van der Waals surface area (Å²) in [7, 11) is 1.67. The normalized spacial score (nSPS) is 18.9. The van der Waals surface area contributed by atoms with E-state index in [1.807, 2.05) is 12.1 Å². The van der Waals surface area contributed by atoms with Crippen LogP contribution in [0, 0.1) is 0 Å². The summed E-state index contributed by atoms with van der Waals surface area (Å²) in [6, 6.07) is 14.4. The van der Waals surface area contributed by atoms with Crippen molar-refractivity contribution in [1.29, 1.82) is 0 Å². The lowest BCUT2D eigenvalue weighted by Gasteiger charge is -2.29. The van der Waals surface area contributed by atoms with E-state index in [9.17, 15) is 4.79 Å². The molecule has 0 unspecified atom stereocenters. The number of benzene rings is 1. The molecule has 0 spiro atoms. The van der Waals surface area contributed by atoms with Gasteiger partial charge in [-0.15, -0.1) is 5.10 Å². The zero-order chi connectivity index (χ0) is 27.6. The van der Waals surface area contributed by atoms with Crippen LogP contribution in [0.15, 0.2) is 54.9 Å². The molecule has 2 aliphatic rings. The van der Waals surface area contributed by atoms with Crippen molar-refractivity contribution >= 4 is 40.3 Å². The van der Waals surface area contributed by atoms with E-state index in [1.54, 1.807) is 36.2 Å². The van der Waals surface area contributed by atoms with Gasteiger partial charge in [0, 0.05) is 42.6 Å². The third-order valence-electron chi connectivity index (χ3n) is 7.60. The predicted octanol–water partition coefficient (Wildman–Crippen LogP) is 4.89. The number of pyridine rings is 1. The minimum absolute atomic E-state index is 0.254. The minimum atomic E-state index is -0.331. The Morgan fingerprint density at radius 3 is 2.58 bits per heavy atom. The molecule has 3 aromatic heterocycles. The van der Waals surface area contributed by atoms with E-state index in [1.165, 1.54) is 0 Å². The molecular weight excluding hydrogens is 528 g/mol. The van der Waals surface area contributed by atoms with Crippen molar-refractivity contribution in [3.63, 3.8) is 0 Å². The van der Waals surface area contributed by atoms with E-state index in [0.29, 0.717) is 40.6 Å². The van der Waals surface area contributed by atoms with E-state index in [0.717, 1.165) is 55.5 Å². The smallest absolute Gasteiger partial charge is 0.276 e. The monoisotopic (exact) mass is 560 g/mol. The van der Waals surface area contributed by atoms with Gasteiger partial charge in [-0.05, 0) is 68.4 Å². The predicted molar refractivity (Wildman–Crippen MR) is 156 cm³/mol. The first-order valence-corrected chi connectivity index (χ1v) is 14.1. The SMILES string of the molecule is COc1ccc(CN(c2cc(N[C@H]3CC[C@H](N)CC3)nn3c(C(=O)Nc4ccnc(Cl)c4)cnc23)C2CC2)cc1. The zero-order valence-electron chi connectivity index (χ0n) is 22.4. The molecule has 11 heteroatoms. The number of hydrogen-bond donors (Lipinski definition) is 3. The van der Waals surface area contributed by atoms with E-state index < -0.39 is 0 Å². The second-order valence-corrected chi connectivity index (χ2v) is 11.0. The number of carbonyl (C=O) groups is 1. The average Bonchev–Trinajstić information content (AvgIpc) is 3.71. The standard InChI is InChI=1S/C29H33ClN8O2/c1-40-23-10-2-18(3-11-23)17-37(22-8-9-22)24-15-27(34-20-6-4-19(31)5-7-20)36-38-25(16-33-28(24)38)29(39)35-21-12-13-32-26(30)14-21/h2-3,10-16,19-20,22H,4-9,17,31H2,1H3,(H,34,36)(H,32,35,39)/t19-,20-. The van der Waals surface area contributed by atoms with Crippen LogP contribution in [0.1, 0.15) is 54.6 Å². The van der Waals surface area contributed by atoms with Gasteiger partial charge in [0.1, 0.15) is 16.7 Å². The molecule has 0 radical (unpaired) electrons. The fourth-order valence-electron chi connectivity index (χ4n) is 5.26. The van der Waals surface area contributed by atoms with Crippen LogP contribution in [0.5, 0.6) is 5.75 Å². The van der Waals surface area contributed by atoms with Crippen LogP contribution in [0.25, 0.3) is 5.65 Å². The van der Waals surface area contributed by atoms with Gasteiger partial charge in [-0.1, -0.05) is 23.7 Å². The first kappa shape index (κ1) is 26.3. The summed E-state index contributed by atoms with van der Waals surface area (Å²) >= 11 is 6.02. The molecule has 4 N–H and O–H groups in total. The Labute approximate surface area is 237 Å². The molecule has 10 nitrogen and oxygen atoms in total. The topological polar surface area (TPSA) is 123 Å². The van der Waals surface area contributed by atoms with Gasteiger partial charge in [0.05, 0.1) is 19.0 Å². The molecule has 1 aromatic carbocycles. The third-order valence-corrected chi connectivity index (χ3v) is 7.80. The molecule has 0 atom stereocenters. The zero-order valence-corrected chi connectivity index (χ0v) is 23.1. The lowest BCUT2D eigenvalue weighted by atomic mass is 9.92. The number of methoxy groups -OCH3 is 1. The summed E-state index contributed by atoms with van der Waals surface area (Å²) in [5, 5.41) is 11.7. The van der Waals surface area contributed by atoms with Crippen molar-refractivity contribution in [2.24, 2.45) is 5.73 Å². The Morgan fingerprint density at radius 2 is 1.88 bits per heavy atom. The number of ether oxygens (including phenoxy) is 1. The number of nitrogens with two attached hydrogens (primary N) is 1. The molecule has 2 aliphatic carbocycles. The number of halogens is 1.